The van der Waals surface area contributed by atoms with Crippen molar-refractivity contribution < 1.29 is 52.7 Å². The third-order valence-electron chi connectivity index (χ3n) is 2.84. The van der Waals surface area contributed by atoms with Crippen LogP contribution in [0, 0.1) is 0 Å². The summed E-state index contributed by atoms with van der Waals surface area (Å²) in [6.07, 6.45) is -11.8. The summed E-state index contributed by atoms with van der Waals surface area (Å²) in [5, 5.41) is -11.5. The van der Waals surface area contributed by atoms with Crippen molar-refractivity contribution in [2.75, 3.05) is 0 Å². The maximum atomic E-state index is 12.5. The van der Waals surface area contributed by atoms with Crippen molar-refractivity contribution in [3.05, 3.63) is 0 Å². The number of alkyl halides is 14. The highest BCUT2D eigenvalue weighted by Gasteiger charge is 2.79. The van der Waals surface area contributed by atoms with E-state index in [1.165, 1.54) is 0 Å². The Morgan fingerprint density at radius 2 is 0.923 bits per heavy atom. The molecule has 2 atom stereocenters. The van der Waals surface area contributed by atoms with Gasteiger partial charge in [0.05, 0.1) is 0 Å². The molecule has 0 aliphatic carbocycles. The molecule has 0 heterocycles. The molecule has 0 rings (SSSR count). The van der Waals surface area contributed by atoms with Gasteiger partial charge in [-0.25, -0.2) is 17.6 Å². The molecule has 0 bridgehead atoms. The summed E-state index contributed by atoms with van der Waals surface area (Å²) in [7, 11) is 0. The molecule has 14 heteroatoms. The van der Waals surface area contributed by atoms with Gasteiger partial charge < -0.3 is 0 Å². The molecule has 0 N–H and O–H groups in total. The van der Waals surface area contributed by atoms with E-state index in [2.05, 4.69) is 23.2 Å². The molecule has 0 aromatic rings. The van der Waals surface area contributed by atoms with Crippen molar-refractivity contribution in [3.63, 3.8) is 0 Å². The van der Waals surface area contributed by atoms with Gasteiger partial charge in [-0.1, -0.05) is 43.0 Å². The van der Waals surface area contributed by atoms with Crippen LogP contribution in [-0.2, 0) is 0 Å². The highest BCUT2D eigenvalue weighted by atomic mass is 35.5. The first-order chi connectivity index (χ1) is 11.1. The summed E-state index contributed by atoms with van der Waals surface area (Å²) in [5.41, 5.74) is 0. The number of rotatable bonds is 6. The Bertz CT molecular complexity index is 395. The molecule has 0 aromatic carbocycles. The van der Waals surface area contributed by atoms with Gasteiger partial charge >= 0.3 is 34.5 Å². The smallest absolute Gasteiger partial charge is 0.210 e. The topological polar surface area (TPSA) is 0 Å². The lowest BCUT2D eigenvalue weighted by Gasteiger charge is -2.32. The van der Waals surface area contributed by atoms with Crippen molar-refractivity contribution in [2.24, 2.45) is 0 Å². The molecule has 0 fully saturated rings. The van der Waals surface area contributed by atoms with E-state index >= 15 is 0 Å². The zero-order valence-corrected chi connectivity index (χ0v) is 14.6. The maximum absolute atomic E-state index is 12.5. The fourth-order valence-corrected chi connectivity index (χ4v) is 1.39. The fraction of sp³-hybridized carbons (Fsp3) is 1.00. The number of hydrogen-bond acceptors (Lipinski definition) is 0. The molecular weight excluding hydrogens is 443 g/mol. The third kappa shape index (κ3) is 7.05. The van der Waals surface area contributed by atoms with Gasteiger partial charge in [-0.3, -0.25) is 0 Å². The molecule has 0 saturated heterocycles. The third-order valence-corrected chi connectivity index (χ3v) is 3.89. The maximum Gasteiger partial charge on any atom is 0.441 e. The van der Waals surface area contributed by atoms with Gasteiger partial charge in [0, 0.05) is 13.3 Å². The van der Waals surface area contributed by atoms with Gasteiger partial charge in [-0.2, -0.15) is 35.1 Å². The first-order valence-corrected chi connectivity index (χ1v) is 7.46. The SMILES string of the molecule is CCCCCC(F)(F)C(C)(F)F.FC(F)(F)C(F)(Cl)C(F)(Cl)C(F)(F)F. The van der Waals surface area contributed by atoms with E-state index in [1.54, 1.807) is 0 Å². The number of unbranched alkanes of at least 4 members (excludes halogenated alkanes) is 2. The summed E-state index contributed by atoms with van der Waals surface area (Å²) in [6, 6.07) is 0. The van der Waals surface area contributed by atoms with E-state index in [0.29, 0.717) is 6.42 Å². The minimum Gasteiger partial charge on any atom is -0.210 e. The Labute approximate surface area is 150 Å². The number of hydrogen-bond donors (Lipinski definition) is 0. The quantitative estimate of drug-likeness (QED) is 0.217. The summed E-state index contributed by atoms with van der Waals surface area (Å²) in [5.74, 6) is -7.73. The minimum absolute atomic E-state index is 0.160. The van der Waals surface area contributed by atoms with E-state index in [-0.39, 0.29) is 13.3 Å². The molecule has 26 heavy (non-hydrogen) atoms. The monoisotopic (exact) mass is 456 g/mol. The highest BCUT2D eigenvalue weighted by molar-refractivity contribution is 6.34. The van der Waals surface area contributed by atoms with Crippen LogP contribution in [0.5, 0.6) is 0 Å². The summed E-state index contributed by atoms with van der Waals surface area (Å²) < 4.78 is 143. The van der Waals surface area contributed by atoms with E-state index in [4.69, 9.17) is 0 Å². The Kier molecular flexibility index (Phi) is 9.49. The average Bonchev–Trinajstić information content (AvgIpc) is 2.35. The Balaban J connectivity index is 0. The van der Waals surface area contributed by atoms with Crippen LogP contribution in [0.15, 0.2) is 0 Å². The Hall–Kier alpha value is -0.260. The van der Waals surface area contributed by atoms with Crippen molar-refractivity contribution in [1.29, 1.82) is 0 Å². The average molecular weight is 457 g/mol. The molecule has 0 radical (unpaired) electrons. The molecule has 0 spiro atoms. The summed E-state index contributed by atoms with van der Waals surface area (Å²) >= 11 is 7.54. The van der Waals surface area contributed by atoms with Crippen molar-refractivity contribution >= 4 is 23.2 Å². The lowest BCUT2D eigenvalue weighted by molar-refractivity contribution is -0.289. The van der Waals surface area contributed by atoms with Crippen LogP contribution < -0.4 is 0 Å². The molecule has 0 aromatic heterocycles. The predicted octanol–water partition coefficient (Wildman–Crippen LogP) is 7.78. The summed E-state index contributed by atoms with van der Waals surface area (Å²) in [6.45, 7) is 2.10. The largest absolute Gasteiger partial charge is 0.441 e. The van der Waals surface area contributed by atoms with Crippen LogP contribution in [-0.4, -0.2) is 34.5 Å². The van der Waals surface area contributed by atoms with E-state index in [9.17, 15) is 52.7 Å². The van der Waals surface area contributed by atoms with Crippen LogP contribution in [0.25, 0.3) is 0 Å². The lowest BCUT2D eigenvalue weighted by atomic mass is 10.1. The van der Waals surface area contributed by atoms with Crippen molar-refractivity contribution in [2.45, 2.75) is 74.0 Å². The van der Waals surface area contributed by atoms with Gasteiger partial charge in [-0.15, -0.1) is 0 Å². The second kappa shape index (κ2) is 8.83. The van der Waals surface area contributed by atoms with Crippen LogP contribution in [0.2, 0.25) is 0 Å². The highest BCUT2D eigenvalue weighted by Crippen LogP contribution is 2.56. The van der Waals surface area contributed by atoms with Crippen LogP contribution in [0.4, 0.5) is 52.7 Å². The molecule has 160 valence electrons. The van der Waals surface area contributed by atoms with Gasteiger partial charge in [0.25, 0.3) is 0 Å². The summed E-state index contributed by atoms with van der Waals surface area (Å²) in [4.78, 5) is 0. The van der Waals surface area contributed by atoms with E-state index < -0.39 is 40.9 Å². The Morgan fingerprint density at radius 1 is 0.615 bits per heavy atom. The van der Waals surface area contributed by atoms with Gasteiger partial charge in [0.15, 0.2) is 0 Å². The van der Waals surface area contributed by atoms with Crippen LogP contribution in [0.3, 0.4) is 0 Å². The molecule has 2 unspecified atom stereocenters. The molecule has 0 saturated carbocycles. The first-order valence-electron chi connectivity index (χ1n) is 6.71. The molecule has 0 aliphatic rings. The van der Waals surface area contributed by atoms with E-state index in [0.717, 1.165) is 6.42 Å². The zero-order chi connectivity index (χ0) is 21.8. The minimum atomic E-state index is -6.29. The van der Waals surface area contributed by atoms with Crippen LogP contribution >= 0.6 is 23.2 Å². The van der Waals surface area contributed by atoms with E-state index in [1.807, 2.05) is 6.92 Å². The van der Waals surface area contributed by atoms with Gasteiger partial charge in [0.2, 0.25) is 0 Å². The molecule has 0 aliphatic heterocycles. The lowest BCUT2D eigenvalue weighted by Crippen LogP contribution is -2.57. The molecular formula is C12H14Cl2F12. The predicted molar refractivity (Wildman–Crippen MR) is 71.2 cm³/mol. The van der Waals surface area contributed by atoms with Crippen molar-refractivity contribution in [3.8, 4) is 0 Å². The van der Waals surface area contributed by atoms with Crippen LogP contribution in [0.1, 0.15) is 39.5 Å². The second-order valence-corrected chi connectivity index (χ2v) is 6.24. The standard InChI is InChI=1S/C8H14F4.C4Cl2F8/c1-3-4-5-6-8(11,12)7(2,9)10;5-1(7,3(9,10)11)2(6,8)4(12,13)14/h3-6H2,1-2H3;. The van der Waals surface area contributed by atoms with Gasteiger partial charge in [-0.05, 0) is 6.42 Å². The molecule has 0 nitrogen and oxygen atoms in total. The Morgan fingerprint density at radius 3 is 1.12 bits per heavy atom. The zero-order valence-electron chi connectivity index (χ0n) is 13.1. The van der Waals surface area contributed by atoms with Gasteiger partial charge in [0.1, 0.15) is 0 Å². The number of halogens is 14. The fourth-order valence-electron chi connectivity index (χ4n) is 1.17. The first kappa shape index (κ1) is 28.0. The second-order valence-electron chi connectivity index (χ2n) is 5.19. The normalized spacial score (nSPS) is 18.5. The molecule has 0 amide bonds. The van der Waals surface area contributed by atoms with Crippen molar-refractivity contribution in [1.82, 2.24) is 0 Å².